The van der Waals surface area contributed by atoms with Gasteiger partial charge in [0, 0.05) is 13.6 Å². The molecule has 0 aromatic rings. The summed E-state index contributed by atoms with van der Waals surface area (Å²) in [6.07, 6.45) is 1.01. The summed E-state index contributed by atoms with van der Waals surface area (Å²) in [5.41, 5.74) is 0. The third-order valence-corrected chi connectivity index (χ3v) is 5.55. The minimum atomic E-state index is -3.51. The molecule has 17 heavy (non-hydrogen) atoms. The second kappa shape index (κ2) is 7.30. The van der Waals surface area contributed by atoms with Crippen LogP contribution >= 0.6 is 0 Å². The summed E-state index contributed by atoms with van der Waals surface area (Å²) in [5.74, 6) is 0.0175. The van der Waals surface area contributed by atoms with Gasteiger partial charge >= 0.3 is 0 Å². The van der Waals surface area contributed by atoms with Gasteiger partial charge in [-0.1, -0.05) is 13.8 Å². The molecule has 0 rings (SSSR count). The van der Waals surface area contributed by atoms with Gasteiger partial charge in [-0.15, -0.1) is 0 Å². The summed E-state index contributed by atoms with van der Waals surface area (Å²) in [6, 6.07) is 0. The quantitative estimate of drug-likeness (QED) is 0.574. The molecule has 0 heterocycles. The summed E-state index contributed by atoms with van der Waals surface area (Å²) in [4.78, 5) is 0. The molecule has 0 atom stereocenters. The first-order valence-electron chi connectivity index (χ1n) is 5.56. The van der Waals surface area contributed by atoms with Crippen molar-refractivity contribution < 1.29 is 21.0 Å². The summed E-state index contributed by atoms with van der Waals surface area (Å²) >= 11 is 0. The molecule has 0 aromatic carbocycles. The van der Waals surface area contributed by atoms with Gasteiger partial charge in [-0.3, -0.25) is 4.18 Å². The second-order valence-electron chi connectivity index (χ2n) is 3.72. The van der Waals surface area contributed by atoms with Crippen LogP contribution in [0.2, 0.25) is 0 Å². The van der Waals surface area contributed by atoms with E-state index >= 15 is 0 Å². The first kappa shape index (κ1) is 16.8. The third kappa shape index (κ3) is 6.97. The maximum atomic E-state index is 11.5. The van der Waals surface area contributed by atoms with Gasteiger partial charge in [0.25, 0.3) is 10.1 Å². The van der Waals surface area contributed by atoms with Crippen molar-refractivity contribution in [3.8, 4) is 0 Å². The Morgan fingerprint density at radius 2 is 1.53 bits per heavy atom. The Morgan fingerprint density at radius 3 is 2.00 bits per heavy atom. The fourth-order valence-corrected chi connectivity index (χ4v) is 3.28. The van der Waals surface area contributed by atoms with Crippen molar-refractivity contribution in [1.82, 2.24) is 4.31 Å². The molecule has 0 aliphatic heterocycles. The third-order valence-electron chi connectivity index (χ3n) is 2.06. The predicted octanol–water partition coefficient (Wildman–Crippen LogP) is 0.414. The Kier molecular flexibility index (Phi) is 7.22. The molecule has 0 saturated heterocycles. The van der Waals surface area contributed by atoms with Gasteiger partial charge < -0.3 is 0 Å². The molecule has 0 N–H and O–H groups in total. The molecular weight excluding hydrogens is 266 g/mol. The van der Waals surface area contributed by atoms with Crippen LogP contribution in [0.1, 0.15) is 26.7 Å². The van der Waals surface area contributed by atoms with Crippen LogP contribution in [0.25, 0.3) is 0 Å². The Labute approximate surface area is 104 Å². The Hall–Kier alpha value is -0.180. The molecule has 0 fully saturated rings. The van der Waals surface area contributed by atoms with Crippen molar-refractivity contribution in [1.29, 1.82) is 0 Å². The van der Waals surface area contributed by atoms with E-state index in [1.54, 1.807) is 13.8 Å². The van der Waals surface area contributed by atoms with E-state index in [2.05, 4.69) is 4.18 Å². The lowest BCUT2D eigenvalue weighted by Crippen LogP contribution is -2.32. The molecule has 8 heteroatoms. The Morgan fingerprint density at radius 1 is 1.00 bits per heavy atom. The molecule has 6 nitrogen and oxygen atoms in total. The van der Waals surface area contributed by atoms with Crippen LogP contribution in [0, 0.1) is 0 Å². The molecule has 104 valence electrons. The second-order valence-corrected chi connectivity index (χ2v) is 7.68. The zero-order valence-corrected chi connectivity index (χ0v) is 12.2. The molecular formula is C9H21NO5S2. The lowest BCUT2D eigenvalue weighted by Gasteiger charge is -2.16. The van der Waals surface area contributed by atoms with E-state index < -0.39 is 20.1 Å². The number of hydrogen-bond acceptors (Lipinski definition) is 5. The van der Waals surface area contributed by atoms with Crippen LogP contribution in [-0.2, 0) is 24.3 Å². The highest BCUT2D eigenvalue weighted by Gasteiger charge is 2.17. The number of likely N-dealkylation sites (N-methyl/N-ethyl adjacent to an activating group) is 1. The van der Waals surface area contributed by atoms with Crippen LogP contribution < -0.4 is 0 Å². The molecule has 0 bridgehead atoms. The smallest absolute Gasteiger partial charge is 0.267 e. The van der Waals surface area contributed by atoms with Gasteiger partial charge in [-0.25, -0.2) is 12.7 Å². The Balaban J connectivity index is 4.14. The fraction of sp³-hybridized carbons (Fsp3) is 1.00. The number of rotatable bonds is 9. The lowest BCUT2D eigenvalue weighted by atomic mass is 10.6. The summed E-state index contributed by atoms with van der Waals surface area (Å²) in [7, 11) is -5.37. The SMILES string of the molecule is CCCS(=O)(=O)OCCN(C)S(=O)(=O)CCC. The highest BCUT2D eigenvalue weighted by atomic mass is 32.2. The Bertz CT molecular complexity index is 401. The molecule has 0 aliphatic carbocycles. The van der Waals surface area contributed by atoms with Crippen LogP contribution in [0.5, 0.6) is 0 Å². The summed E-state index contributed by atoms with van der Waals surface area (Å²) < 4.78 is 51.3. The predicted molar refractivity (Wildman–Crippen MR) is 66.7 cm³/mol. The minimum Gasteiger partial charge on any atom is -0.269 e. The van der Waals surface area contributed by atoms with Gasteiger partial charge in [0.1, 0.15) is 0 Å². The largest absolute Gasteiger partial charge is 0.269 e. The normalized spacial score (nSPS) is 13.2. The van der Waals surface area contributed by atoms with Crippen LogP contribution in [0.3, 0.4) is 0 Å². The molecule has 0 amide bonds. The van der Waals surface area contributed by atoms with E-state index in [9.17, 15) is 16.8 Å². The van der Waals surface area contributed by atoms with Crippen LogP contribution in [0.15, 0.2) is 0 Å². The molecule has 0 radical (unpaired) electrons. The average molecular weight is 287 g/mol. The van der Waals surface area contributed by atoms with Gasteiger partial charge in [-0.05, 0) is 12.8 Å². The molecule has 0 aliphatic rings. The van der Waals surface area contributed by atoms with Crippen LogP contribution in [-0.4, -0.2) is 52.8 Å². The lowest BCUT2D eigenvalue weighted by molar-refractivity contribution is 0.289. The first-order chi connectivity index (χ1) is 7.75. The summed E-state index contributed by atoms with van der Waals surface area (Å²) in [5, 5.41) is 0. The monoisotopic (exact) mass is 287 g/mol. The van der Waals surface area contributed by atoms with E-state index in [0.29, 0.717) is 12.8 Å². The number of nitrogens with zero attached hydrogens (tertiary/aromatic N) is 1. The first-order valence-corrected chi connectivity index (χ1v) is 8.75. The van der Waals surface area contributed by atoms with Crippen molar-refractivity contribution in [3.05, 3.63) is 0 Å². The van der Waals surface area contributed by atoms with Crippen molar-refractivity contribution in [2.75, 3.05) is 31.7 Å². The van der Waals surface area contributed by atoms with Crippen molar-refractivity contribution in [3.63, 3.8) is 0 Å². The maximum Gasteiger partial charge on any atom is 0.267 e. The van der Waals surface area contributed by atoms with E-state index in [1.807, 2.05) is 0 Å². The van der Waals surface area contributed by atoms with Gasteiger partial charge in [0.2, 0.25) is 10.0 Å². The topological polar surface area (TPSA) is 80.8 Å². The van der Waals surface area contributed by atoms with Crippen LogP contribution in [0.4, 0.5) is 0 Å². The molecule has 0 spiro atoms. The zero-order chi connectivity index (χ0) is 13.5. The van der Waals surface area contributed by atoms with Gasteiger partial charge in [0.15, 0.2) is 0 Å². The standard InChI is InChI=1S/C9H21NO5S2/c1-4-8-16(11,12)10(3)6-7-15-17(13,14)9-5-2/h4-9H2,1-3H3. The minimum absolute atomic E-state index is 0.0432. The maximum absolute atomic E-state index is 11.5. The fourth-order valence-electron chi connectivity index (χ4n) is 1.15. The molecule has 0 aromatic heterocycles. The molecule has 0 saturated carbocycles. The molecule has 0 unspecified atom stereocenters. The van der Waals surface area contributed by atoms with E-state index in [4.69, 9.17) is 0 Å². The summed E-state index contributed by atoms with van der Waals surface area (Å²) in [6.45, 7) is 3.42. The number of sulfonamides is 1. The highest BCUT2D eigenvalue weighted by Crippen LogP contribution is 2.01. The number of hydrogen-bond donors (Lipinski definition) is 0. The zero-order valence-electron chi connectivity index (χ0n) is 10.5. The van der Waals surface area contributed by atoms with E-state index in [0.717, 1.165) is 4.31 Å². The van der Waals surface area contributed by atoms with E-state index in [-0.39, 0.29) is 24.7 Å². The van der Waals surface area contributed by atoms with Gasteiger partial charge in [0.05, 0.1) is 18.1 Å². The van der Waals surface area contributed by atoms with Crippen molar-refractivity contribution in [2.24, 2.45) is 0 Å². The van der Waals surface area contributed by atoms with Gasteiger partial charge in [-0.2, -0.15) is 8.42 Å². The highest BCUT2D eigenvalue weighted by molar-refractivity contribution is 7.89. The van der Waals surface area contributed by atoms with Crippen molar-refractivity contribution in [2.45, 2.75) is 26.7 Å². The average Bonchev–Trinajstić information content (AvgIpc) is 2.16. The van der Waals surface area contributed by atoms with Crippen molar-refractivity contribution >= 4 is 20.1 Å². The van der Waals surface area contributed by atoms with E-state index in [1.165, 1.54) is 7.05 Å².